The highest BCUT2D eigenvalue weighted by molar-refractivity contribution is 5.88. The Hall–Kier alpha value is -2.93. The summed E-state index contributed by atoms with van der Waals surface area (Å²) in [6, 6.07) is 11.0. The maximum absolute atomic E-state index is 6.25. The number of nitrogens with zero attached hydrogens (tertiary/aromatic N) is 4. The van der Waals surface area contributed by atoms with E-state index in [1.54, 1.807) is 0 Å². The Balaban J connectivity index is 1.44. The lowest BCUT2D eigenvalue weighted by Crippen LogP contribution is -2.33. The number of hydrogen-bond acceptors (Lipinski definition) is 7. The van der Waals surface area contributed by atoms with Crippen molar-refractivity contribution in [1.29, 1.82) is 0 Å². The predicted octanol–water partition coefficient (Wildman–Crippen LogP) is 4.14. The Morgan fingerprint density at radius 1 is 1.03 bits per heavy atom. The number of anilines is 3. The van der Waals surface area contributed by atoms with Gasteiger partial charge in [0.15, 0.2) is 5.82 Å². The number of aromatic nitrogens is 3. The zero-order valence-electron chi connectivity index (χ0n) is 18.8. The Kier molecular flexibility index (Phi) is 6.08. The van der Waals surface area contributed by atoms with Crippen LogP contribution in [-0.2, 0) is 11.2 Å². The summed E-state index contributed by atoms with van der Waals surface area (Å²) < 4.78 is 5.51. The summed E-state index contributed by atoms with van der Waals surface area (Å²) in [5.41, 5.74) is 11.3. The van der Waals surface area contributed by atoms with E-state index < -0.39 is 0 Å². The van der Waals surface area contributed by atoms with Gasteiger partial charge in [0.1, 0.15) is 11.3 Å². The number of nitrogen functional groups attached to an aromatic ring is 1. The lowest BCUT2D eigenvalue weighted by Gasteiger charge is -2.34. The number of aryl methyl sites for hydroxylation is 1. The first-order valence-corrected chi connectivity index (χ1v) is 11.8. The lowest BCUT2D eigenvalue weighted by molar-refractivity contribution is 0.0903. The number of rotatable bonds is 5. The Labute approximate surface area is 189 Å². The molecule has 168 valence electrons. The van der Waals surface area contributed by atoms with Gasteiger partial charge in [0.05, 0.1) is 11.2 Å². The topological polar surface area (TPSA) is 89.2 Å². The zero-order valence-corrected chi connectivity index (χ0v) is 18.8. The molecule has 4 heterocycles. The molecule has 0 amide bonds. The quantitative estimate of drug-likeness (QED) is 0.626. The summed E-state index contributed by atoms with van der Waals surface area (Å²) >= 11 is 0. The van der Waals surface area contributed by atoms with Crippen molar-refractivity contribution in [3.8, 4) is 0 Å². The highest BCUT2D eigenvalue weighted by atomic mass is 16.5. The smallest absolute Gasteiger partial charge is 0.151 e. The van der Waals surface area contributed by atoms with Crippen LogP contribution in [0.15, 0.2) is 36.5 Å². The van der Waals surface area contributed by atoms with Crippen molar-refractivity contribution >= 4 is 28.4 Å². The van der Waals surface area contributed by atoms with Crippen molar-refractivity contribution in [2.24, 2.45) is 0 Å². The molecule has 0 saturated carbocycles. The molecule has 7 nitrogen and oxygen atoms in total. The molecule has 1 aromatic carbocycles. The maximum atomic E-state index is 6.25. The molecule has 0 atom stereocenters. The van der Waals surface area contributed by atoms with Crippen LogP contribution in [-0.4, -0.2) is 47.3 Å². The minimum Gasteiger partial charge on any atom is -0.382 e. The van der Waals surface area contributed by atoms with E-state index in [9.17, 15) is 0 Å². The number of para-hydroxylation sites is 1. The number of nitrogens with two attached hydrogens (primary N) is 1. The Morgan fingerprint density at radius 3 is 2.50 bits per heavy atom. The van der Waals surface area contributed by atoms with Crippen LogP contribution in [0.1, 0.15) is 49.8 Å². The second-order valence-corrected chi connectivity index (χ2v) is 8.80. The van der Waals surface area contributed by atoms with E-state index in [-0.39, 0.29) is 0 Å². The number of hydrogen-bond donors (Lipinski definition) is 2. The molecule has 3 N–H and O–H groups in total. The van der Waals surface area contributed by atoms with Crippen LogP contribution in [0, 0.1) is 0 Å². The van der Waals surface area contributed by atoms with Crippen LogP contribution in [0.3, 0.4) is 0 Å². The zero-order chi connectivity index (χ0) is 21.9. The predicted molar refractivity (Wildman–Crippen MR) is 129 cm³/mol. The minimum atomic E-state index is 0.373. The fraction of sp³-hybridized carbons (Fsp3) is 0.480. The van der Waals surface area contributed by atoms with Gasteiger partial charge in [0.2, 0.25) is 0 Å². The third-order valence-electron chi connectivity index (χ3n) is 6.78. The van der Waals surface area contributed by atoms with Crippen LogP contribution in [0.4, 0.5) is 17.3 Å². The number of ether oxygens (including phenoxy) is 1. The molecule has 3 aromatic rings. The van der Waals surface area contributed by atoms with Gasteiger partial charge < -0.3 is 20.7 Å². The molecular formula is C25H32N6O. The standard InChI is InChI=1S/C25H32N6O/c1-2-21-25(28-18-10-14-32-15-11-18)30-22-20(16-27-24(26)23(22)29-21)17-8-12-31(13-9-17)19-6-4-3-5-7-19/h3-7,16-18H,2,8-15H2,1H3,(H2,26,27)(H,28,30). The van der Waals surface area contributed by atoms with Crippen molar-refractivity contribution in [2.45, 2.75) is 51.0 Å². The normalized spacial score (nSPS) is 18.2. The number of benzene rings is 1. The first kappa shape index (κ1) is 20.9. The molecule has 0 unspecified atom stereocenters. The monoisotopic (exact) mass is 432 g/mol. The van der Waals surface area contributed by atoms with Gasteiger partial charge in [-0.3, -0.25) is 0 Å². The molecule has 32 heavy (non-hydrogen) atoms. The Morgan fingerprint density at radius 2 is 1.78 bits per heavy atom. The van der Waals surface area contributed by atoms with Gasteiger partial charge in [-0.2, -0.15) is 0 Å². The second-order valence-electron chi connectivity index (χ2n) is 8.80. The summed E-state index contributed by atoms with van der Waals surface area (Å²) in [5, 5.41) is 3.65. The fourth-order valence-corrected chi connectivity index (χ4v) is 4.89. The van der Waals surface area contributed by atoms with Gasteiger partial charge in [0.25, 0.3) is 0 Å². The van der Waals surface area contributed by atoms with Crippen molar-refractivity contribution in [1.82, 2.24) is 15.0 Å². The SMILES string of the molecule is CCc1nc2c(N)ncc(C3CCN(c4ccccc4)CC3)c2nc1NC1CCOCC1. The van der Waals surface area contributed by atoms with Crippen LogP contribution in [0.5, 0.6) is 0 Å². The number of piperidine rings is 1. The van der Waals surface area contributed by atoms with E-state index in [0.717, 1.165) is 81.0 Å². The number of pyridine rings is 1. The van der Waals surface area contributed by atoms with Crippen LogP contribution in [0.25, 0.3) is 11.0 Å². The molecule has 0 bridgehead atoms. The lowest BCUT2D eigenvalue weighted by atomic mass is 9.89. The molecule has 7 heteroatoms. The summed E-state index contributed by atoms with van der Waals surface area (Å²) in [7, 11) is 0. The van der Waals surface area contributed by atoms with Gasteiger partial charge in [-0.15, -0.1) is 0 Å². The van der Waals surface area contributed by atoms with Gasteiger partial charge in [-0.25, -0.2) is 15.0 Å². The number of fused-ring (bicyclic) bond motifs is 1. The van der Waals surface area contributed by atoms with Crippen LogP contribution in [0.2, 0.25) is 0 Å². The average Bonchev–Trinajstić information content (AvgIpc) is 2.85. The average molecular weight is 433 g/mol. The highest BCUT2D eigenvalue weighted by Crippen LogP contribution is 2.35. The minimum absolute atomic E-state index is 0.373. The molecule has 2 aromatic heterocycles. The number of nitrogens with one attached hydrogen (secondary N) is 1. The van der Waals surface area contributed by atoms with E-state index in [0.29, 0.717) is 17.8 Å². The van der Waals surface area contributed by atoms with Crippen molar-refractivity contribution in [2.75, 3.05) is 42.3 Å². The largest absolute Gasteiger partial charge is 0.382 e. The second kappa shape index (κ2) is 9.28. The van der Waals surface area contributed by atoms with E-state index >= 15 is 0 Å². The maximum Gasteiger partial charge on any atom is 0.151 e. The first-order valence-electron chi connectivity index (χ1n) is 11.8. The van der Waals surface area contributed by atoms with Crippen LogP contribution >= 0.6 is 0 Å². The summed E-state index contributed by atoms with van der Waals surface area (Å²) in [5.74, 6) is 1.76. The molecule has 5 rings (SSSR count). The van der Waals surface area contributed by atoms with Crippen molar-refractivity contribution < 1.29 is 4.74 Å². The van der Waals surface area contributed by atoms with E-state index in [1.807, 2.05) is 6.20 Å². The Bertz CT molecular complexity index is 1060. The molecule has 0 radical (unpaired) electrons. The summed E-state index contributed by atoms with van der Waals surface area (Å²) in [6.07, 6.45) is 6.84. The summed E-state index contributed by atoms with van der Waals surface area (Å²) in [6.45, 7) is 5.74. The van der Waals surface area contributed by atoms with Crippen molar-refractivity contribution in [3.63, 3.8) is 0 Å². The van der Waals surface area contributed by atoms with E-state index in [4.69, 9.17) is 20.4 Å². The van der Waals surface area contributed by atoms with Gasteiger partial charge in [0, 0.05) is 49.8 Å². The molecule has 2 fully saturated rings. The molecule has 2 aliphatic rings. The van der Waals surface area contributed by atoms with Crippen molar-refractivity contribution in [3.05, 3.63) is 47.8 Å². The third-order valence-corrected chi connectivity index (χ3v) is 6.78. The molecule has 0 aliphatic carbocycles. The first-order chi connectivity index (χ1) is 15.7. The molecule has 2 saturated heterocycles. The molecular weight excluding hydrogens is 400 g/mol. The molecule has 2 aliphatic heterocycles. The summed E-state index contributed by atoms with van der Waals surface area (Å²) in [4.78, 5) is 17.0. The highest BCUT2D eigenvalue weighted by Gasteiger charge is 2.25. The van der Waals surface area contributed by atoms with Gasteiger partial charge >= 0.3 is 0 Å². The van der Waals surface area contributed by atoms with E-state index in [1.165, 1.54) is 11.3 Å². The third kappa shape index (κ3) is 4.21. The van der Waals surface area contributed by atoms with Gasteiger partial charge in [-0.1, -0.05) is 25.1 Å². The van der Waals surface area contributed by atoms with E-state index in [2.05, 4.69) is 52.5 Å². The van der Waals surface area contributed by atoms with Crippen LogP contribution < -0.4 is 16.0 Å². The fourth-order valence-electron chi connectivity index (χ4n) is 4.89. The molecule has 0 spiro atoms. The van der Waals surface area contributed by atoms with Gasteiger partial charge in [-0.05, 0) is 50.2 Å².